The van der Waals surface area contributed by atoms with E-state index < -0.39 is 6.10 Å². The van der Waals surface area contributed by atoms with Gasteiger partial charge in [0.05, 0.1) is 7.11 Å². The molecule has 0 aliphatic heterocycles. The normalized spacial score (nSPS) is 12.6. The van der Waals surface area contributed by atoms with Crippen molar-refractivity contribution in [3.8, 4) is 11.5 Å². The molecule has 4 nitrogen and oxygen atoms in total. The number of aliphatic hydroxyl groups is 1. The van der Waals surface area contributed by atoms with Crippen LogP contribution in [0.25, 0.3) is 0 Å². The van der Waals surface area contributed by atoms with E-state index in [1.165, 1.54) is 9.75 Å². The fraction of sp³-hybridized carbons (Fsp3) is 0.524. The Labute approximate surface area is 161 Å². The van der Waals surface area contributed by atoms with Gasteiger partial charge in [-0.15, -0.1) is 11.3 Å². The molecule has 0 spiro atoms. The predicted molar refractivity (Wildman–Crippen MR) is 108 cm³/mol. The summed E-state index contributed by atoms with van der Waals surface area (Å²) in [6, 6.07) is 11.8. The lowest BCUT2D eigenvalue weighted by Gasteiger charge is -2.25. The molecule has 1 atom stereocenters. The maximum atomic E-state index is 10.4. The highest BCUT2D eigenvalue weighted by atomic mass is 32.1. The summed E-state index contributed by atoms with van der Waals surface area (Å²) < 4.78 is 10.9. The number of hydrogen-bond acceptors (Lipinski definition) is 5. The fourth-order valence-corrected chi connectivity index (χ4v) is 3.61. The van der Waals surface area contributed by atoms with E-state index in [1.54, 1.807) is 7.11 Å². The van der Waals surface area contributed by atoms with Gasteiger partial charge in [-0.2, -0.15) is 0 Å². The summed E-state index contributed by atoms with van der Waals surface area (Å²) in [6.45, 7) is 9.35. The van der Waals surface area contributed by atoms with Crippen LogP contribution in [0, 0.1) is 12.8 Å². The van der Waals surface area contributed by atoms with Crippen molar-refractivity contribution in [2.45, 2.75) is 39.8 Å². The van der Waals surface area contributed by atoms with Gasteiger partial charge in [0.15, 0.2) is 0 Å². The second kappa shape index (κ2) is 10.6. The lowest BCUT2D eigenvalue weighted by atomic mass is 10.1. The molecule has 5 heteroatoms. The Hall–Kier alpha value is -1.56. The van der Waals surface area contributed by atoms with E-state index in [-0.39, 0.29) is 6.61 Å². The van der Waals surface area contributed by atoms with E-state index in [4.69, 9.17) is 9.47 Å². The van der Waals surface area contributed by atoms with Crippen LogP contribution < -0.4 is 9.47 Å². The molecule has 1 aromatic heterocycles. The first-order valence-electron chi connectivity index (χ1n) is 9.19. The number of benzene rings is 1. The van der Waals surface area contributed by atoms with Gasteiger partial charge in [0.25, 0.3) is 0 Å². The summed E-state index contributed by atoms with van der Waals surface area (Å²) in [7, 11) is 1.64. The Morgan fingerprint density at radius 2 is 1.77 bits per heavy atom. The molecular formula is C21H31NO3S. The maximum absolute atomic E-state index is 10.4. The lowest BCUT2D eigenvalue weighted by Crippen LogP contribution is -2.36. The SMILES string of the molecule is COc1ccc(OC[C@H](O)CN(CCC(C)C)Cc2ccc(C)s2)cc1. The third-order valence-electron chi connectivity index (χ3n) is 4.17. The van der Waals surface area contributed by atoms with Crippen molar-refractivity contribution in [3.05, 3.63) is 46.2 Å². The number of aliphatic hydroxyl groups excluding tert-OH is 1. The molecule has 1 aromatic carbocycles. The third-order valence-corrected chi connectivity index (χ3v) is 5.15. The Balaban J connectivity index is 1.85. The smallest absolute Gasteiger partial charge is 0.119 e. The van der Waals surface area contributed by atoms with Gasteiger partial charge >= 0.3 is 0 Å². The maximum Gasteiger partial charge on any atom is 0.119 e. The molecule has 26 heavy (non-hydrogen) atoms. The molecular weight excluding hydrogens is 346 g/mol. The quantitative estimate of drug-likeness (QED) is 0.632. The van der Waals surface area contributed by atoms with Crippen LogP contribution in [0.3, 0.4) is 0 Å². The van der Waals surface area contributed by atoms with E-state index in [0.717, 1.165) is 31.0 Å². The number of ether oxygens (including phenoxy) is 2. The van der Waals surface area contributed by atoms with Crippen molar-refractivity contribution in [2.24, 2.45) is 5.92 Å². The molecule has 2 aromatic rings. The molecule has 0 aliphatic carbocycles. The van der Waals surface area contributed by atoms with E-state index >= 15 is 0 Å². The van der Waals surface area contributed by atoms with Crippen molar-refractivity contribution in [1.29, 1.82) is 0 Å². The third kappa shape index (κ3) is 7.36. The Morgan fingerprint density at radius 1 is 1.08 bits per heavy atom. The minimum Gasteiger partial charge on any atom is -0.497 e. The van der Waals surface area contributed by atoms with Crippen molar-refractivity contribution < 1.29 is 14.6 Å². The zero-order valence-corrected chi connectivity index (χ0v) is 17.1. The van der Waals surface area contributed by atoms with Crippen LogP contribution in [0.1, 0.15) is 30.0 Å². The van der Waals surface area contributed by atoms with Crippen LogP contribution >= 0.6 is 11.3 Å². The molecule has 0 fully saturated rings. The second-order valence-electron chi connectivity index (χ2n) is 7.07. The summed E-state index contributed by atoms with van der Waals surface area (Å²) in [5.41, 5.74) is 0. The molecule has 0 amide bonds. The Kier molecular flexibility index (Phi) is 8.42. The zero-order chi connectivity index (χ0) is 18.9. The topological polar surface area (TPSA) is 41.9 Å². The minimum atomic E-state index is -0.523. The first kappa shape index (κ1) is 20.7. The Bertz CT molecular complexity index is 639. The van der Waals surface area contributed by atoms with Gasteiger partial charge in [0.1, 0.15) is 24.2 Å². The van der Waals surface area contributed by atoms with Crippen LogP contribution in [-0.4, -0.2) is 42.9 Å². The van der Waals surface area contributed by atoms with Gasteiger partial charge in [-0.05, 0) is 62.2 Å². The first-order valence-corrected chi connectivity index (χ1v) is 10.0. The highest BCUT2D eigenvalue weighted by Crippen LogP contribution is 2.19. The number of methoxy groups -OCH3 is 1. The van der Waals surface area contributed by atoms with Gasteiger partial charge in [0.2, 0.25) is 0 Å². The van der Waals surface area contributed by atoms with Gasteiger partial charge in [-0.3, -0.25) is 4.90 Å². The highest BCUT2D eigenvalue weighted by molar-refractivity contribution is 7.11. The molecule has 0 bridgehead atoms. The average Bonchev–Trinajstić information content (AvgIpc) is 3.03. The summed E-state index contributed by atoms with van der Waals surface area (Å²) in [5, 5.41) is 10.4. The predicted octanol–water partition coefficient (Wildman–Crippen LogP) is 4.35. The van der Waals surface area contributed by atoms with Crippen molar-refractivity contribution in [3.63, 3.8) is 0 Å². The number of thiophene rings is 1. The van der Waals surface area contributed by atoms with E-state index in [2.05, 4.69) is 37.8 Å². The second-order valence-corrected chi connectivity index (χ2v) is 8.44. The molecule has 1 heterocycles. The molecule has 0 radical (unpaired) electrons. The summed E-state index contributed by atoms with van der Waals surface area (Å²) in [6.07, 6.45) is 0.599. The number of rotatable bonds is 11. The van der Waals surface area contributed by atoms with Gasteiger partial charge < -0.3 is 14.6 Å². The van der Waals surface area contributed by atoms with Crippen LogP contribution in [0.15, 0.2) is 36.4 Å². The van der Waals surface area contributed by atoms with Gasteiger partial charge in [-0.25, -0.2) is 0 Å². The molecule has 1 N–H and O–H groups in total. The largest absolute Gasteiger partial charge is 0.497 e. The van der Waals surface area contributed by atoms with Gasteiger partial charge in [-0.1, -0.05) is 13.8 Å². The monoisotopic (exact) mass is 377 g/mol. The molecule has 0 saturated heterocycles. The zero-order valence-electron chi connectivity index (χ0n) is 16.3. The summed E-state index contributed by atoms with van der Waals surface area (Å²) in [5.74, 6) is 2.19. The Morgan fingerprint density at radius 3 is 2.35 bits per heavy atom. The van der Waals surface area contributed by atoms with Crippen molar-refractivity contribution in [1.82, 2.24) is 4.90 Å². The van der Waals surface area contributed by atoms with E-state index in [9.17, 15) is 5.11 Å². The lowest BCUT2D eigenvalue weighted by molar-refractivity contribution is 0.0642. The van der Waals surface area contributed by atoms with Gasteiger partial charge in [0, 0.05) is 22.8 Å². The van der Waals surface area contributed by atoms with Crippen molar-refractivity contribution in [2.75, 3.05) is 26.8 Å². The van der Waals surface area contributed by atoms with Crippen LogP contribution in [0.4, 0.5) is 0 Å². The molecule has 2 rings (SSSR count). The highest BCUT2D eigenvalue weighted by Gasteiger charge is 2.14. The fourth-order valence-electron chi connectivity index (χ4n) is 2.68. The van der Waals surface area contributed by atoms with Crippen LogP contribution in [0.2, 0.25) is 0 Å². The minimum absolute atomic E-state index is 0.286. The molecule has 144 valence electrons. The molecule has 0 saturated carbocycles. The number of aryl methyl sites for hydroxylation is 1. The van der Waals surface area contributed by atoms with Crippen LogP contribution in [-0.2, 0) is 6.54 Å². The van der Waals surface area contributed by atoms with E-state index in [0.29, 0.717) is 12.5 Å². The van der Waals surface area contributed by atoms with Crippen LogP contribution in [0.5, 0.6) is 11.5 Å². The molecule has 0 aliphatic rings. The number of hydrogen-bond donors (Lipinski definition) is 1. The average molecular weight is 378 g/mol. The standard InChI is InChI=1S/C21H31NO3S/c1-16(2)11-12-22(14-21-10-5-17(3)26-21)13-18(23)15-25-20-8-6-19(24-4)7-9-20/h5-10,16,18,23H,11-15H2,1-4H3/t18-/m1/s1. The first-order chi connectivity index (χ1) is 12.5. The van der Waals surface area contributed by atoms with E-state index in [1.807, 2.05) is 35.6 Å². The summed E-state index contributed by atoms with van der Waals surface area (Å²) >= 11 is 1.82. The van der Waals surface area contributed by atoms with Crippen molar-refractivity contribution >= 4 is 11.3 Å². The number of nitrogens with zero attached hydrogens (tertiary/aromatic N) is 1. The summed E-state index contributed by atoms with van der Waals surface area (Å²) in [4.78, 5) is 4.99. The molecule has 0 unspecified atom stereocenters.